The smallest absolute Gasteiger partial charge is 0.138 e. The monoisotopic (exact) mass is 423 g/mol. The molecular weight excluding hydrogens is 402 g/mol. The van der Waals surface area contributed by atoms with Crippen LogP contribution in [-0.4, -0.2) is 9.97 Å². The van der Waals surface area contributed by atoms with Crippen molar-refractivity contribution in [3.63, 3.8) is 0 Å². The Morgan fingerprint density at radius 3 is 1.73 bits per heavy atom. The van der Waals surface area contributed by atoms with Gasteiger partial charge in [0.15, 0.2) is 0 Å². The van der Waals surface area contributed by atoms with Crippen LogP contribution >= 0.6 is 0 Å². The maximum Gasteiger partial charge on any atom is 0.138 e. The molecule has 0 bridgehead atoms. The molecule has 0 radical (unpaired) electrons. The van der Waals surface area contributed by atoms with E-state index in [1.807, 2.05) is 66.7 Å². The SMILES string of the molecule is N#Cc1ccc(/C=C/c2ccc(-c3nc(-c4ccccc4)c(-c4ccccc4)[nH]3)cc2)cc1. The van der Waals surface area contributed by atoms with Gasteiger partial charge in [0, 0.05) is 16.7 Å². The number of aromatic amines is 1. The molecule has 1 heterocycles. The Hall–Kier alpha value is -4.68. The number of benzene rings is 4. The maximum absolute atomic E-state index is 8.93. The second kappa shape index (κ2) is 9.21. The highest BCUT2D eigenvalue weighted by Crippen LogP contribution is 2.33. The molecule has 3 heteroatoms. The number of nitriles is 1. The fourth-order valence-corrected chi connectivity index (χ4v) is 3.74. The third kappa shape index (κ3) is 4.51. The maximum atomic E-state index is 8.93. The first-order valence-corrected chi connectivity index (χ1v) is 10.8. The molecule has 0 aliphatic carbocycles. The minimum atomic E-state index is 0.666. The first-order valence-electron chi connectivity index (χ1n) is 10.8. The van der Waals surface area contributed by atoms with Crippen LogP contribution < -0.4 is 0 Å². The Balaban J connectivity index is 1.45. The fraction of sp³-hybridized carbons (Fsp3) is 0. The molecule has 0 aliphatic heterocycles. The van der Waals surface area contributed by atoms with Crippen LogP contribution in [0.2, 0.25) is 0 Å². The quantitative estimate of drug-likeness (QED) is 0.298. The van der Waals surface area contributed by atoms with Gasteiger partial charge in [-0.25, -0.2) is 4.98 Å². The minimum Gasteiger partial charge on any atom is -0.337 e. The van der Waals surface area contributed by atoms with E-state index in [-0.39, 0.29) is 0 Å². The lowest BCUT2D eigenvalue weighted by Crippen LogP contribution is -1.82. The Kier molecular flexibility index (Phi) is 5.65. The van der Waals surface area contributed by atoms with E-state index < -0.39 is 0 Å². The van der Waals surface area contributed by atoms with Gasteiger partial charge in [0.1, 0.15) is 5.82 Å². The summed E-state index contributed by atoms with van der Waals surface area (Å²) in [6.45, 7) is 0. The van der Waals surface area contributed by atoms with Gasteiger partial charge in [-0.1, -0.05) is 109 Å². The van der Waals surface area contributed by atoms with Crippen LogP contribution in [0.3, 0.4) is 0 Å². The van der Waals surface area contributed by atoms with E-state index in [0.717, 1.165) is 45.0 Å². The summed E-state index contributed by atoms with van der Waals surface area (Å²) in [5.74, 6) is 0.843. The molecule has 1 N–H and O–H groups in total. The molecule has 0 spiro atoms. The zero-order valence-electron chi connectivity index (χ0n) is 17.9. The van der Waals surface area contributed by atoms with E-state index in [1.165, 1.54) is 0 Å². The van der Waals surface area contributed by atoms with Crippen LogP contribution in [0, 0.1) is 11.3 Å². The van der Waals surface area contributed by atoms with Gasteiger partial charge in [-0.2, -0.15) is 5.26 Å². The van der Waals surface area contributed by atoms with Crippen molar-refractivity contribution < 1.29 is 0 Å². The van der Waals surface area contributed by atoms with Gasteiger partial charge in [0.25, 0.3) is 0 Å². The van der Waals surface area contributed by atoms with E-state index in [1.54, 1.807) is 0 Å². The number of H-pyrrole nitrogens is 1. The average molecular weight is 424 g/mol. The Labute approximate surface area is 193 Å². The number of nitrogens with zero attached hydrogens (tertiary/aromatic N) is 2. The molecule has 3 nitrogen and oxygen atoms in total. The average Bonchev–Trinajstić information content (AvgIpc) is 3.35. The second-order valence-electron chi connectivity index (χ2n) is 7.73. The van der Waals surface area contributed by atoms with E-state index in [9.17, 15) is 0 Å². The van der Waals surface area contributed by atoms with E-state index in [0.29, 0.717) is 5.56 Å². The number of aromatic nitrogens is 2. The number of rotatable bonds is 5. The second-order valence-corrected chi connectivity index (χ2v) is 7.73. The Morgan fingerprint density at radius 2 is 1.15 bits per heavy atom. The number of nitrogens with one attached hydrogen (secondary N) is 1. The first-order chi connectivity index (χ1) is 16.3. The van der Waals surface area contributed by atoms with Crippen molar-refractivity contribution in [3.8, 4) is 40.0 Å². The Morgan fingerprint density at radius 1 is 0.606 bits per heavy atom. The summed E-state index contributed by atoms with van der Waals surface area (Å²) in [4.78, 5) is 8.51. The van der Waals surface area contributed by atoms with Gasteiger partial charge < -0.3 is 4.98 Å². The highest BCUT2D eigenvalue weighted by atomic mass is 14.9. The standard InChI is InChI=1S/C30H21N3/c31-21-24-15-13-22(14-16-24)11-12-23-17-19-27(20-18-23)30-32-28(25-7-3-1-4-8-25)29(33-30)26-9-5-2-6-10-26/h1-20H,(H,32,33)/b12-11+. The van der Waals surface area contributed by atoms with Crippen molar-refractivity contribution in [1.29, 1.82) is 5.26 Å². The van der Waals surface area contributed by atoms with Gasteiger partial charge in [0.05, 0.1) is 23.0 Å². The molecule has 0 atom stereocenters. The summed E-state index contributed by atoms with van der Waals surface area (Å²) < 4.78 is 0. The zero-order chi connectivity index (χ0) is 22.5. The Bertz CT molecular complexity index is 1360. The van der Waals surface area contributed by atoms with Crippen LogP contribution in [0.4, 0.5) is 0 Å². The lowest BCUT2D eigenvalue weighted by molar-refractivity contribution is 1.31. The summed E-state index contributed by atoms with van der Waals surface area (Å²) in [6, 6.07) is 38.6. The molecule has 0 aliphatic rings. The van der Waals surface area contributed by atoms with Crippen molar-refractivity contribution in [2.75, 3.05) is 0 Å². The third-order valence-corrected chi connectivity index (χ3v) is 5.51. The minimum absolute atomic E-state index is 0.666. The molecule has 0 saturated carbocycles. The molecule has 0 saturated heterocycles. The topological polar surface area (TPSA) is 52.5 Å². The molecular formula is C30H21N3. The van der Waals surface area contributed by atoms with Crippen LogP contribution in [-0.2, 0) is 0 Å². The molecule has 4 aromatic carbocycles. The van der Waals surface area contributed by atoms with Crippen LogP contribution in [0.1, 0.15) is 16.7 Å². The van der Waals surface area contributed by atoms with E-state index >= 15 is 0 Å². The zero-order valence-corrected chi connectivity index (χ0v) is 17.9. The highest BCUT2D eigenvalue weighted by Gasteiger charge is 2.14. The van der Waals surface area contributed by atoms with Gasteiger partial charge in [-0.15, -0.1) is 0 Å². The summed E-state index contributed by atoms with van der Waals surface area (Å²) >= 11 is 0. The molecule has 0 unspecified atom stereocenters. The number of hydrogen-bond acceptors (Lipinski definition) is 2. The molecule has 33 heavy (non-hydrogen) atoms. The van der Waals surface area contributed by atoms with Crippen molar-refractivity contribution in [1.82, 2.24) is 9.97 Å². The summed E-state index contributed by atoms with van der Waals surface area (Å²) in [5, 5.41) is 8.93. The number of hydrogen-bond donors (Lipinski definition) is 1. The number of imidazole rings is 1. The third-order valence-electron chi connectivity index (χ3n) is 5.51. The molecule has 5 rings (SSSR count). The highest BCUT2D eigenvalue weighted by molar-refractivity contribution is 5.81. The van der Waals surface area contributed by atoms with Gasteiger partial charge in [0.2, 0.25) is 0 Å². The molecule has 156 valence electrons. The largest absolute Gasteiger partial charge is 0.337 e. The van der Waals surface area contributed by atoms with Crippen molar-refractivity contribution >= 4 is 12.2 Å². The van der Waals surface area contributed by atoms with E-state index in [2.05, 4.69) is 65.7 Å². The summed E-state index contributed by atoms with van der Waals surface area (Å²) in [7, 11) is 0. The normalized spacial score (nSPS) is 10.9. The van der Waals surface area contributed by atoms with Crippen LogP contribution in [0.15, 0.2) is 109 Å². The van der Waals surface area contributed by atoms with Crippen molar-refractivity contribution in [2.45, 2.75) is 0 Å². The summed E-state index contributed by atoms with van der Waals surface area (Å²) in [6.07, 6.45) is 4.11. The van der Waals surface area contributed by atoms with Crippen molar-refractivity contribution in [2.24, 2.45) is 0 Å². The van der Waals surface area contributed by atoms with Crippen LogP contribution in [0.5, 0.6) is 0 Å². The lowest BCUT2D eigenvalue weighted by Gasteiger charge is -2.02. The predicted octanol–water partition coefficient (Wildman–Crippen LogP) is 7.45. The van der Waals surface area contributed by atoms with Crippen LogP contribution in [0.25, 0.3) is 46.1 Å². The molecule has 0 fully saturated rings. The van der Waals surface area contributed by atoms with Gasteiger partial charge >= 0.3 is 0 Å². The van der Waals surface area contributed by atoms with E-state index in [4.69, 9.17) is 10.2 Å². The van der Waals surface area contributed by atoms with Gasteiger partial charge in [-0.3, -0.25) is 0 Å². The molecule has 0 amide bonds. The molecule has 5 aromatic rings. The first kappa shape index (κ1) is 20.2. The fourth-order valence-electron chi connectivity index (χ4n) is 3.74. The predicted molar refractivity (Wildman–Crippen MR) is 135 cm³/mol. The molecule has 1 aromatic heterocycles. The van der Waals surface area contributed by atoms with Crippen molar-refractivity contribution in [3.05, 3.63) is 126 Å². The summed E-state index contributed by atoms with van der Waals surface area (Å²) in [5.41, 5.74) is 8.01. The lowest BCUT2D eigenvalue weighted by atomic mass is 10.1. The van der Waals surface area contributed by atoms with Gasteiger partial charge in [-0.05, 0) is 23.3 Å².